The predicted octanol–water partition coefficient (Wildman–Crippen LogP) is 3.87. The van der Waals surface area contributed by atoms with Crippen molar-refractivity contribution < 1.29 is 4.74 Å². The van der Waals surface area contributed by atoms with E-state index in [1.54, 1.807) is 0 Å². The number of benzene rings is 1. The van der Waals surface area contributed by atoms with Gasteiger partial charge in [-0.25, -0.2) is 4.98 Å². The molecule has 0 fully saturated rings. The Balaban J connectivity index is 2.03. The monoisotopic (exact) mass is 284 g/mol. The lowest BCUT2D eigenvalue weighted by Gasteiger charge is -2.21. The molecule has 0 saturated carbocycles. The second-order valence-electron chi connectivity index (χ2n) is 6.42. The Morgan fingerprint density at radius 1 is 1.24 bits per heavy atom. The van der Waals surface area contributed by atoms with Crippen LogP contribution < -0.4 is 10.1 Å². The molecule has 2 aromatic rings. The van der Waals surface area contributed by atoms with Gasteiger partial charge >= 0.3 is 0 Å². The average molecular weight is 284 g/mol. The summed E-state index contributed by atoms with van der Waals surface area (Å²) in [4.78, 5) is 4.57. The van der Waals surface area contributed by atoms with Crippen molar-refractivity contribution in [2.24, 2.45) is 0 Å². The number of fused-ring (bicyclic) bond motifs is 1. The molecule has 3 heteroatoms. The van der Waals surface area contributed by atoms with Crippen molar-refractivity contribution in [1.29, 1.82) is 0 Å². The summed E-state index contributed by atoms with van der Waals surface area (Å²) in [6, 6.07) is 10.1. The van der Waals surface area contributed by atoms with Gasteiger partial charge in [0.1, 0.15) is 17.9 Å². The summed E-state index contributed by atoms with van der Waals surface area (Å²) in [5, 5.41) is 4.50. The van der Waals surface area contributed by atoms with Gasteiger partial charge in [0.15, 0.2) is 0 Å². The van der Waals surface area contributed by atoms with E-state index in [9.17, 15) is 0 Å². The molecule has 1 aromatic carbocycles. The Labute approximate surface area is 127 Å². The van der Waals surface area contributed by atoms with Crippen molar-refractivity contribution in [2.75, 3.05) is 13.2 Å². The number of aromatic nitrogens is 1. The zero-order chi connectivity index (χ0) is 15.5. The maximum Gasteiger partial charge on any atom is 0.146 e. The first-order chi connectivity index (χ1) is 9.85. The standard InChI is InChI=1S/C18H24N2O/c1-13(11-19-18(3,4)5)12-21-16-8-6-7-15-10-9-14(2)20-17(15)16/h6-10,19H,1,11-12H2,2-5H3. The molecule has 0 spiro atoms. The lowest BCUT2D eigenvalue weighted by atomic mass is 10.1. The zero-order valence-electron chi connectivity index (χ0n) is 13.4. The smallest absolute Gasteiger partial charge is 0.146 e. The highest BCUT2D eigenvalue weighted by atomic mass is 16.5. The van der Waals surface area contributed by atoms with Gasteiger partial charge in [-0.3, -0.25) is 0 Å². The van der Waals surface area contributed by atoms with Crippen molar-refractivity contribution >= 4 is 10.9 Å². The molecular formula is C18H24N2O. The minimum absolute atomic E-state index is 0.0844. The quantitative estimate of drug-likeness (QED) is 0.846. The third kappa shape index (κ3) is 4.57. The molecular weight excluding hydrogens is 260 g/mol. The van der Waals surface area contributed by atoms with E-state index in [1.807, 2.05) is 31.2 Å². The topological polar surface area (TPSA) is 34.1 Å². The Morgan fingerprint density at radius 2 is 2.00 bits per heavy atom. The molecule has 0 aliphatic rings. The maximum atomic E-state index is 5.90. The molecule has 1 aromatic heterocycles. The number of rotatable bonds is 5. The molecule has 0 aliphatic carbocycles. The fraction of sp³-hybridized carbons (Fsp3) is 0.389. The summed E-state index contributed by atoms with van der Waals surface area (Å²) >= 11 is 0. The van der Waals surface area contributed by atoms with E-state index >= 15 is 0 Å². The molecule has 0 bridgehead atoms. The van der Waals surface area contributed by atoms with Gasteiger partial charge in [-0.05, 0) is 45.4 Å². The van der Waals surface area contributed by atoms with Gasteiger partial charge in [0.05, 0.1) is 0 Å². The van der Waals surface area contributed by atoms with Gasteiger partial charge in [0.25, 0.3) is 0 Å². The summed E-state index contributed by atoms with van der Waals surface area (Å²) in [5.41, 5.74) is 3.01. The summed E-state index contributed by atoms with van der Waals surface area (Å²) in [5.74, 6) is 0.813. The molecule has 0 radical (unpaired) electrons. The summed E-state index contributed by atoms with van der Waals surface area (Å²) in [6.07, 6.45) is 0. The van der Waals surface area contributed by atoms with E-state index in [4.69, 9.17) is 4.74 Å². The van der Waals surface area contributed by atoms with Crippen LogP contribution in [-0.4, -0.2) is 23.7 Å². The Hall–Kier alpha value is -1.87. The second-order valence-corrected chi connectivity index (χ2v) is 6.42. The molecule has 2 rings (SSSR count). The van der Waals surface area contributed by atoms with Gasteiger partial charge in [-0.2, -0.15) is 0 Å². The van der Waals surface area contributed by atoms with Crippen LogP contribution in [0.4, 0.5) is 0 Å². The van der Waals surface area contributed by atoms with Crippen LogP contribution in [0.2, 0.25) is 0 Å². The fourth-order valence-electron chi connectivity index (χ4n) is 1.95. The second kappa shape index (κ2) is 6.27. The highest BCUT2D eigenvalue weighted by Crippen LogP contribution is 2.24. The number of nitrogens with zero attached hydrogens (tertiary/aromatic N) is 1. The van der Waals surface area contributed by atoms with E-state index < -0.39 is 0 Å². The lowest BCUT2D eigenvalue weighted by Crippen LogP contribution is -2.37. The van der Waals surface area contributed by atoms with Crippen molar-refractivity contribution in [1.82, 2.24) is 10.3 Å². The van der Waals surface area contributed by atoms with Crippen LogP contribution in [0.5, 0.6) is 5.75 Å². The largest absolute Gasteiger partial charge is 0.487 e. The Kier molecular flexibility index (Phi) is 4.63. The first-order valence-corrected chi connectivity index (χ1v) is 7.26. The SMILES string of the molecule is C=C(CNC(C)(C)C)COc1cccc2ccc(C)nc12. The van der Waals surface area contributed by atoms with Gasteiger partial charge in [-0.15, -0.1) is 0 Å². The lowest BCUT2D eigenvalue weighted by molar-refractivity contribution is 0.344. The number of para-hydroxylation sites is 1. The van der Waals surface area contributed by atoms with E-state index in [0.29, 0.717) is 6.61 Å². The zero-order valence-corrected chi connectivity index (χ0v) is 13.4. The van der Waals surface area contributed by atoms with Crippen LogP contribution >= 0.6 is 0 Å². The number of nitrogens with one attached hydrogen (secondary N) is 1. The summed E-state index contributed by atoms with van der Waals surface area (Å²) in [7, 11) is 0. The van der Waals surface area contributed by atoms with Gasteiger partial charge in [0, 0.05) is 23.2 Å². The normalized spacial score (nSPS) is 11.6. The molecule has 112 valence electrons. The molecule has 3 nitrogen and oxygen atoms in total. The number of hydrogen-bond acceptors (Lipinski definition) is 3. The van der Waals surface area contributed by atoms with Crippen molar-refractivity contribution in [3.8, 4) is 5.75 Å². The Morgan fingerprint density at radius 3 is 2.71 bits per heavy atom. The van der Waals surface area contributed by atoms with Crippen molar-refractivity contribution in [3.63, 3.8) is 0 Å². The van der Waals surface area contributed by atoms with Crippen molar-refractivity contribution in [3.05, 3.63) is 48.2 Å². The highest BCUT2D eigenvalue weighted by molar-refractivity contribution is 5.84. The van der Waals surface area contributed by atoms with Crippen LogP contribution in [-0.2, 0) is 0 Å². The van der Waals surface area contributed by atoms with Crippen LogP contribution in [0.3, 0.4) is 0 Å². The van der Waals surface area contributed by atoms with Crippen LogP contribution in [0.25, 0.3) is 10.9 Å². The predicted molar refractivity (Wildman–Crippen MR) is 88.9 cm³/mol. The van der Waals surface area contributed by atoms with Gasteiger partial charge < -0.3 is 10.1 Å². The van der Waals surface area contributed by atoms with Crippen LogP contribution in [0.1, 0.15) is 26.5 Å². The van der Waals surface area contributed by atoms with Gasteiger partial charge in [0.2, 0.25) is 0 Å². The molecule has 0 unspecified atom stereocenters. The average Bonchev–Trinajstić information content (AvgIpc) is 2.42. The van der Waals surface area contributed by atoms with E-state index in [-0.39, 0.29) is 5.54 Å². The van der Waals surface area contributed by atoms with Crippen LogP contribution in [0.15, 0.2) is 42.5 Å². The van der Waals surface area contributed by atoms with E-state index in [0.717, 1.165) is 34.5 Å². The fourth-order valence-corrected chi connectivity index (χ4v) is 1.95. The molecule has 0 saturated heterocycles. The van der Waals surface area contributed by atoms with Crippen molar-refractivity contribution in [2.45, 2.75) is 33.2 Å². The number of aryl methyl sites for hydroxylation is 1. The molecule has 0 atom stereocenters. The molecule has 0 amide bonds. The highest BCUT2D eigenvalue weighted by Gasteiger charge is 2.09. The van der Waals surface area contributed by atoms with Gasteiger partial charge in [-0.1, -0.05) is 24.8 Å². The first-order valence-electron chi connectivity index (χ1n) is 7.26. The van der Waals surface area contributed by atoms with Crippen LogP contribution in [0, 0.1) is 6.92 Å². The maximum absolute atomic E-state index is 5.90. The molecule has 1 N–H and O–H groups in total. The molecule has 0 aliphatic heterocycles. The Bertz CT molecular complexity index is 641. The minimum atomic E-state index is 0.0844. The summed E-state index contributed by atoms with van der Waals surface area (Å²) < 4.78 is 5.90. The third-order valence-corrected chi connectivity index (χ3v) is 3.12. The minimum Gasteiger partial charge on any atom is -0.487 e. The number of hydrogen-bond donors (Lipinski definition) is 1. The van der Waals surface area contributed by atoms with E-state index in [1.165, 1.54) is 0 Å². The number of pyridine rings is 1. The molecule has 21 heavy (non-hydrogen) atoms. The first kappa shape index (κ1) is 15.5. The third-order valence-electron chi connectivity index (χ3n) is 3.12. The summed E-state index contributed by atoms with van der Waals surface area (Å²) in [6.45, 7) is 13.7. The number of ether oxygens (including phenoxy) is 1. The molecule has 1 heterocycles. The van der Waals surface area contributed by atoms with E-state index in [2.05, 4.69) is 43.7 Å².